The molecule has 1 atom stereocenters. The normalized spacial score (nSPS) is 15.7. The molecule has 2 heterocycles. The lowest BCUT2D eigenvalue weighted by Gasteiger charge is -2.24. The number of nitriles is 1. The van der Waals surface area contributed by atoms with E-state index in [-0.39, 0.29) is 23.1 Å². The van der Waals surface area contributed by atoms with Crippen molar-refractivity contribution in [3.63, 3.8) is 0 Å². The van der Waals surface area contributed by atoms with Crippen molar-refractivity contribution in [1.29, 1.82) is 5.26 Å². The molecule has 0 amide bonds. The number of benzene rings is 1. The highest BCUT2D eigenvalue weighted by molar-refractivity contribution is 5.63. The molecule has 1 aromatic heterocycles. The average molecular weight is 371 g/mol. The summed E-state index contributed by atoms with van der Waals surface area (Å²) < 4.78 is 10.5. The maximum atomic E-state index is 11.4. The van der Waals surface area contributed by atoms with Gasteiger partial charge >= 0.3 is 5.69 Å². The Morgan fingerprint density at radius 3 is 2.89 bits per heavy atom. The number of hydrogen-bond acceptors (Lipinski definition) is 8. The van der Waals surface area contributed by atoms with Crippen molar-refractivity contribution >= 4 is 5.69 Å². The molecule has 3 rings (SSSR count). The number of aromatic nitrogens is 2. The third kappa shape index (κ3) is 2.89. The van der Waals surface area contributed by atoms with Crippen LogP contribution in [-0.4, -0.2) is 27.3 Å². The Hall–Kier alpha value is -3.74. The van der Waals surface area contributed by atoms with E-state index in [1.165, 1.54) is 19.2 Å². The number of phenols is 1. The predicted molar refractivity (Wildman–Crippen MR) is 93.2 cm³/mol. The number of nitro groups is 1. The number of ether oxygens (including phenoxy) is 2. The van der Waals surface area contributed by atoms with Crippen LogP contribution in [0.2, 0.25) is 0 Å². The van der Waals surface area contributed by atoms with Crippen LogP contribution in [0.3, 0.4) is 0 Å². The number of nitrogens with one attached hydrogen (secondary N) is 1. The fourth-order valence-corrected chi connectivity index (χ4v) is 3.16. The average Bonchev–Trinajstić information content (AvgIpc) is 3.03. The Morgan fingerprint density at radius 1 is 1.56 bits per heavy atom. The summed E-state index contributed by atoms with van der Waals surface area (Å²) in [7, 11) is 1.29. The standard InChI is InChI=1S/C17H17N5O5/c1-3-4-10-14-13(9(7-18)16(19)27-17(14)21-20-10)8-5-11(22(24)25)15(23)12(6-8)26-2/h5-6,13,23H,3-4,19H2,1-2H3,(H,20,21)/t13-/m1/s1. The molecule has 0 radical (unpaired) electrons. The van der Waals surface area contributed by atoms with Gasteiger partial charge in [0.2, 0.25) is 17.5 Å². The van der Waals surface area contributed by atoms with E-state index in [1.807, 2.05) is 13.0 Å². The van der Waals surface area contributed by atoms with Crippen LogP contribution in [0.15, 0.2) is 23.6 Å². The maximum Gasteiger partial charge on any atom is 0.314 e. The molecule has 4 N–H and O–H groups in total. The molecule has 10 nitrogen and oxygen atoms in total. The molecule has 1 aliphatic heterocycles. The zero-order valence-electron chi connectivity index (χ0n) is 14.6. The number of nitrogens with two attached hydrogens (primary N) is 1. The van der Waals surface area contributed by atoms with E-state index < -0.39 is 22.3 Å². The van der Waals surface area contributed by atoms with Crippen molar-refractivity contribution in [2.75, 3.05) is 7.11 Å². The Balaban J connectivity index is 2.29. The first kappa shape index (κ1) is 18.1. The largest absolute Gasteiger partial charge is 0.500 e. The van der Waals surface area contributed by atoms with E-state index in [1.54, 1.807) is 0 Å². The van der Waals surface area contributed by atoms with Crippen LogP contribution in [0.1, 0.15) is 36.1 Å². The van der Waals surface area contributed by atoms with Crippen molar-refractivity contribution in [2.24, 2.45) is 5.73 Å². The number of aromatic amines is 1. The molecule has 1 aromatic carbocycles. The number of methoxy groups -OCH3 is 1. The van der Waals surface area contributed by atoms with E-state index >= 15 is 0 Å². The first-order valence-electron chi connectivity index (χ1n) is 8.12. The van der Waals surface area contributed by atoms with Crippen LogP contribution < -0.4 is 15.2 Å². The van der Waals surface area contributed by atoms with E-state index in [0.717, 1.165) is 12.1 Å². The second-order valence-corrected chi connectivity index (χ2v) is 5.94. The monoisotopic (exact) mass is 371 g/mol. The number of rotatable bonds is 5. The van der Waals surface area contributed by atoms with Gasteiger partial charge in [-0.15, -0.1) is 5.10 Å². The summed E-state index contributed by atoms with van der Waals surface area (Å²) in [5.41, 5.74) is 7.14. The minimum absolute atomic E-state index is 0.0800. The highest BCUT2D eigenvalue weighted by Crippen LogP contribution is 2.47. The molecule has 10 heteroatoms. The summed E-state index contributed by atoms with van der Waals surface area (Å²) in [5, 5.41) is 38.0. The van der Waals surface area contributed by atoms with E-state index in [9.17, 15) is 20.5 Å². The molecular weight excluding hydrogens is 354 g/mol. The molecular formula is C17H17N5O5. The summed E-state index contributed by atoms with van der Waals surface area (Å²) in [6, 6.07) is 4.66. The van der Waals surface area contributed by atoms with Gasteiger partial charge in [0.15, 0.2) is 5.75 Å². The zero-order chi connectivity index (χ0) is 19.7. The molecule has 140 valence electrons. The minimum atomic E-state index is -0.743. The van der Waals surface area contributed by atoms with E-state index in [0.29, 0.717) is 17.5 Å². The van der Waals surface area contributed by atoms with Crippen LogP contribution in [0, 0.1) is 21.4 Å². The van der Waals surface area contributed by atoms with Gasteiger partial charge < -0.3 is 20.3 Å². The Bertz CT molecular complexity index is 988. The highest BCUT2D eigenvalue weighted by Gasteiger charge is 2.36. The van der Waals surface area contributed by atoms with Crippen molar-refractivity contribution in [1.82, 2.24) is 10.2 Å². The number of H-pyrrole nitrogens is 1. The Morgan fingerprint density at radius 2 is 2.30 bits per heavy atom. The molecule has 0 bridgehead atoms. The molecule has 1 aliphatic rings. The number of nitrogens with zero attached hydrogens (tertiary/aromatic N) is 3. The van der Waals surface area contributed by atoms with Gasteiger partial charge in [-0.1, -0.05) is 13.3 Å². The number of aryl methyl sites for hydroxylation is 1. The fraction of sp³-hybridized carbons (Fsp3) is 0.294. The van der Waals surface area contributed by atoms with Crippen LogP contribution in [-0.2, 0) is 6.42 Å². The molecule has 0 fully saturated rings. The summed E-state index contributed by atoms with van der Waals surface area (Å²) in [5.74, 6) is -1.32. The molecule has 0 saturated heterocycles. The van der Waals surface area contributed by atoms with Crippen molar-refractivity contribution in [2.45, 2.75) is 25.7 Å². The summed E-state index contributed by atoms with van der Waals surface area (Å²) in [4.78, 5) is 10.6. The molecule has 0 aliphatic carbocycles. The van der Waals surface area contributed by atoms with E-state index in [4.69, 9.17) is 15.2 Å². The second kappa shape index (κ2) is 6.87. The predicted octanol–water partition coefficient (Wildman–Crippen LogP) is 2.20. The molecule has 0 spiro atoms. The minimum Gasteiger partial charge on any atom is -0.500 e. The van der Waals surface area contributed by atoms with E-state index in [2.05, 4.69) is 10.2 Å². The Labute approximate surface area is 154 Å². The summed E-state index contributed by atoms with van der Waals surface area (Å²) in [6.07, 6.45) is 1.44. The van der Waals surface area contributed by atoms with Gasteiger partial charge in [0.1, 0.15) is 11.6 Å². The molecule has 2 aromatic rings. The molecule has 0 unspecified atom stereocenters. The lowest BCUT2D eigenvalue weighted by Crippen LogP contribution is -2.21. The first-order valence-corrected chi connectivity index (χ1v) is 8.12. The van der Waals surface area contributed by atoms with Crippen molar-refractivity contribution in [3.8, 4) is 23.4 Å². The van der Waals surface area contributed by atoms with Gasteiger partial charge in [0.25, 0.3) is 0 Å². The SMILES string of the molecule is CCCc1[nH]nc2c1[C@H](c1cc(OC)c(O)c([N+](=O)[O-])c1)C(C#N)=C(N)O2. The summed E-state index contributed by atoms with van der Waals surface area (Å²) >= 11 is 0. The zero-order valence-corrected chi connectivity index (χ0v) is 14.6. The van der Waals surface area contributed by atoms with Crippen molar-refractivity contribution in [3.05, 3.63) is 50.5 Å². The molecule has 27 heavy (non-hydrogen) atoms. The lowest BCUT2D eigenvalue weighted by molar-refractivity contribution is -0.386. The van der Waals surface area contributed by atoms with Gasteiger partial charge in [-0.05, 0) is 18.1 Å². The van der Waals surface area contributed by atoms with Crippen LogP contribution in [0.4, 0.5) is 5.69 Å². The number of nitro benzene ring substituents is 1. The van der Waals surface area contributed by atoms with Gasteiger partial charge in [0.05, 0.1) is 18.0 Å². The van der Waals surface area contributed by atoms with Gasteiger partial charge in [-0.25, -0.2) is 0 Å². The summed E-state index contributed by atoms with van der Waals surface area (Å²) in [6.45, 7) is 1.98. The smallest absolute Gasteiger partial charge is 0.314 e. The highest BCUT2D eigenvalue weighted by atomic mass is 16.6. The van der Waals surface area contributed by atoms with Crippen LogP contribution in [0.25, 0.3) is 0 Å². The Kier molecular flexibility index (Phi) is 4.60. The molecule has 0 saturated carbocycles. The van der Waals surface area contributed by atoms with Crippen molar-refractivity contribution < 1.29 is 19.5 Å². The van der Waals surface area contributed by atoms with Gasteiger partial charge in [-0.3, -0.25) is 15.2 Å². The topological polar surface area (TPSA) is 160 Å². The number of hydrogen-bond donors (Lipinski definition) is 3. The van der Waals surface area contributed by atoms with Crippen LogP contribution >= 0.6 is 0 Å². The third-order valence-electron chi connectivity index (χ3n) is 4.34. The van der Waals surface area contributed by atoms with Gasteiger partial charge in [0, 0.05) is 17.3 Å². The van der Waals surface area contributed by atoms with Gasteiger partial charge in [-0.2, -0.15) is 5.26 Å². The maximum absolute atomic E-state index is 11.4. The first-order chi connectivity index (χ1) is 12.9. The van der Waals surface area contributed by atoms with Crippen LogP contribution in [0.5, 0.6) is 17.4 Å². The fourth-order valence-electron chi connectivity index (χ4n) is 3.16. The number of phenolic OH excluding ortho intramolecular Hbond substituents is 1. The number of allylic oxidation sites excluding steroid dienone is 1. The number of aromatic hydroxyl groups is 1. The second-order valence-electron chi connectivity index (χ2n) is 5.94. The number of fused-ring (bicyclic) bond motifs is 1. The lowest BCUT2D eigenvalue weighted by atomic mass is 9.83. The quantitative estimate of drug-likeness (QED) is 0.532. The third-order valence-corrected chi connectivity index (χ3v) is 4.34.